The lowest BCUT2D eigenvalue weighted by Crippen LogP contribution is -2.11. The molecule has 1 heterocycles. The van der Waals surface area contributed by atoms with Crippen molar-refractivity contribution in [3.05, 3.63) is 65.0 Å². The molecule has 0 bridgehead atoms. The van der Waals surface area contributed by atoms with Crippen molar-refractivity contribution >= 4 is 11.6 Å². The maximum atomic E-state index is 6.09. The number of hydrogen-bond donors (Lipinski definition) is 0. The SMILES string of the molecule is COc1ccccc1-c1noc(C2(Cc3cccc(Cl)c3)CC2)n1. The maximum Gasteiger partial charge on any atom is 0.233 e. The zero-order valence-electron chi connectivity index (χ0n) is 13.3. The average Bonchev–Trinajstić information content (AvgIpc) is 3.20. The molecule has 0 amide bonds. The first-order valence-corrected chi connectivity index (χ1v) is 8.30. The molecule has 4 rings (SSSR count). The molecule has 0 unspecified atom stereocenters. The normalized spacial score (nSPS) is 15.2. The Labute approximate surface area is 145 Å². The van der Waals surface area contributed by atoms with Crippen molar-refractivity contribution in [2.45, 2.75) is 24.7 Å². The van der Waals surface area contributed by atoms with E-state index >= 15 is 0 Å². The second-order valence-electron chi connectivity index (χ2n) is 6.21. The molecule has 0 atom stereocenters. The quantitative estimate of drug-likeness (QED) is 0.677. The van der Waals surface area contributed by atoms with Crippen LogP contribution >= 0.6 is 11.6 Å². The van der Waals surface area contributed by atoms with Crippen molar-refractivity contribution in [3.63, 3.8) is 0 Å². The van der Waals surface area contributed by atoms with Gasteiger partial charge in [0.05, 0.1) is 18.1 Å². The van der Waals surface area contributed by atoms with Crippen molar-refractivity contribution in [2.75, 3.05) is 7.11 Å². The topological polar surface area (TPSA) is 48.2 Å². The number of hydrogen-bond acceptors (Lipinski definition) is 4. The minimum absolute atomic E-state index is 0.0576. The molecule has 0 radical (unpaired) electrons. The van der Waals surface area contributed by atoms with Gasteiger partial charge in [-0.1, -0.05) is 41.0 Å². The minimum Gasteiger partial charge on any atom is -0.496 e. The third-order valence-corrected chi connectivity index (χ3v) is 4.75. The molecule has 122 valence electrons. The van der Waals surface area contributed by atoms with Crippen molar-refractivity contribution < 1.29 is 9.26 Å². The lowest BCUT2D eigenvalue weighted by molar-refractivity contribution is 0.344. The van der Waals surface area contributed by atoms with Gasteiger partial charge in [0.15, 0.2) is 0 Å². The van der Waals surface area contributed by atoms with E-state index in [2.05, 4.69) is 16.2 Å². The molecule has 0 spiro atoms. The number of ether oxygens (including phenoxy) is 1. The fourth-order valence-electron chi connectivity index (χ4n) is 3.03. The molecule has 1 aromatic heterocycles. The molecule has 24 heavy (non-hydrogen) atoms. The van der Waals surface area contributed by atoms with Gasteiger partial charge in [-0.3, -0.25) is 0 Å². The highest BCUT2D eigenvalue weighted by molar-refractivity contribution is 6.30. The summed E-state index contributed by atoms with van der Waals surface area (Å²) < 4.78 is 11.0. The Balaban J connectivity index is 1.63. The van der Waals surface area contributed by atoms with Crippen LogP contribution in [0, 0.1) is 0 Å². The van der Waals surface area contributed by atoms with Gasteiger partial charge in [-0.25, -0.2) is 0 Å². The van der Waals surface area contributed by atoms with Crippen molar-refractivity contribution in [2.24, 2.45) is 0 Å². The molecule has 0 aliphatic heterocycles. The van der Waals surface area contributed by atoms with Crippen molar-refractivity contribution in [1.29, 1.82) is 0 Å². The fourth-order valence-corrected chi connectivity index (χ4v) is 3.25. The number of methoxy groups -OCH3 is 1. The lowest BCUT2D eigenvalue weighted by atomic mass is 9.96. The van der Waals surface area contributed by atoms with Crippen LogP contribution in [0.5, 0.6) is 5.75 Å². The molecular weight excluding hydrogens is 324 g/mol. The smallest absolute Gasteiger partial charge is 0.233 e. The Bertz CT molecular complexity index is 871. The summed E-state index contributed by atoms with van der Waals surface area (Å²) in [5, 5.41) is 4.92. The molecule has 1 fully saturated rings. The number of nitrogens with zero attached hydrogens (tertiary/aromatic N) is 2. The standard InChI is InChI=1S/C19H17ClN2O2/c1-23-16-8-3-2-7-15(16)17-21-18(24-22-17)19(9-10-19)12-13-5-4-6-14(20)11-13/h2-8,11H,9-10,12H2,1H3. The molecule has 5 heteroatoms. The largest absolute Gasteiger partial charge is 0.496 e. The zero-order valence-corrected chi connectivity index (χ0v) is 14.1. The third kappa shape index (κ3) is 2.78. The van der Waals surface area contributed by atoms with Crippen LogP contribution in [0.2, 0.25) is 5.02 Å². The van der Waals surface area contributed by atoms with E-state index in [1.807, 2.05) is 42.5 Å². The number of para-hydroxylation sites is 1. The van der Waals surface area contributed by atoms with Crippen molar-refractivity contribution in [1.82, 2.24) is 10.1 Å². The summed E-state index contributed by atoms with van der Waals surface area (Å²) in [7, 11) is 1.64. The zero-order chi connectivity index (χ0) is 16.6. The van der Waals surface area contributed by atoms with E-state index in [0.717, 1.165) is 35.6 Å². The van der Waals surface area contributed by atoms with Gasteiger partial charge in [-0.05, 0) is 49.1 Å². The molecular formula is C19H17ClN2O2. The molecule has 1 aliphatic rings. The van der Waals surface area contributed by atoms with Gasteiger partial charge in [0.1, 0.15) is 5.75 Å². The molecule has 1 saturated carbocycles. The first kappa shape index (κ1) is 15.2. The summed E-state index contributed by atoms with van der Waals surface area (Å²) in [5.41, 5.74) is 1.98. The highest BCUT2D eigenvalue weighted by Crippen LogP contribution is 2.50. The Morgan fingerprint density at radius 3 is 2.75 bits per heavy atom. The van der Waals surface area contributed by atoms with Crippen LogP contribution in [0.15, 0.2) is 53.1 Å². The second kappa shape index (κ2) is 5.95. The number of benzene rings is 2. The Kier molecular flexibility index (Phi) is 3.77. The van der Waals surface area contributed by atoms with Crippen LogP contribution in [0.4, 0.5) is 0 Å². The minimum atomic E-state index is -0.0576. The molecule has 4 nitrogen and oxygen atoms in total. The van der Waals surface area contributed by atoms with Gasteiger partial charge in [0, 0.05) is 5.02 Å². The maximum absolute atomic E-state index is 6.09. The summed E-state index contributed by atoms with van der Waals surface area (Å²) in [4.78, 5) is 4.65. The Morgan fingerprint density at radius 2 is 2.00 bits per heavy atom. The van der Waals surface area contributed by atoms with E-state index in [1.54, 1.807) is 7.11 Å². The van der Waals surface area contributed by atoms with Gasteiger partial charge < -0.3 is 9.26 Å². The summed E-state index contributed by atoms with van der Waals surface area (Å²) >= 11 is 6.09. The van der Waals surface area contributed by atoms with Crippen LogP contribution in [0.3, 0.4) is 0 Å². The number of aromatic nitrogens is 2. The van der Waals surface area contributed by atoms with Crippen LogP contribution in [0.25, 0.3) is 11.4 Å². The predicted octanol–water partition coefficient (Wildman–Crippen LogP) is 4.67. The summed E-state index contributed by atoms with van der Waals surface area (Å²) in [6.07, 6.45) is 2.96. The average molecular weight is 341 g/mol. The predicted molar refractivity (Wildman–Crippen MR) is 92.4 cm³/mol. The van der Waals surface area contributed by atoms with Crippen LogP contribution in [-0.2, 0) is 11.8 Å². The van der Waals surface area contributed by atoms with Crippen molar-refractivity contribution in [3.8, 4) is 17.1 Å². The summed E-state index contributed by atoms with van der Waals surface area (Å²) in [6, 6.07) is 15.6. The highest BCUT2D eigenvalue weighted by atomic mass is 35.5. The molecule has 0 N–H and O–H groups in total. The van der Waals surface area contributed by atoms with Gasteiger partial charge in [-0.2, -0.15) is 4.98 Å². The van der Waals surface area contributed by atoms with E-state index in [-0.39, 0.29) is 5.41 Å². The number of halogens is 1. The fraction of sp³-hybridized carbons (Fsp3) is 0.263. The first-order chi connectivity index (χ1) is 11.7. The highest BCUT2D eigenvalue weighted by Gasteiger charge is 2.49. The molecule has 0 saturated heterocycles. The number of rotatable bonds is 5. The van der Waals surface area contributed by atoms with E-state index in [4.69, 9.17) is 20.9 Å². The molecule has 3 aromatic rings. The summed E-state index contributed by atoms with van der Waals surface area (Å²) in [6.45, 7) is 0. The van der Waals surface area contributed by atoms with E-state index in [9.17, 15) is 0 Å². The van der Waals surface area contributed by atoms with Crippen LogP contribution < -0.4 is 4.74 Å². The Hall–Kier alpha value is -2.33. The van der Waals surface area contributed by atoms with Gasteiger partial charge in [0.25, 0.3) is 0 Å². The molecule has 2 aromatic carbocycles. The second-order valence-corrected chi connectivity index (χ2v) is 6.65. The third-order valence-electron chi connectivity index (χ3n) is 4.51. The molecule has 1 aliphatic carbocycles. The van der Waals surface area contributed by atoms with Gasteiger partial charge >= 0.3 is 0 Å². The Morgan fingerprint density at radius 1 is 1.17 bits per heavy atom. The van der Waals surface area contributed by atoms with Crippen LogP contribution in [0.1, 0.15) is 24.3 Å². The van der Waals surface area contributed by atoms with E-state index < -0.39 is 0 Å². The van der Waals surface area contributed by atoms with Gasteiger partial charge in [0.2, 0.25) is 11.7 Å². The summed E-state index contributed by atoms with van der Waals surface area (Å²) in [5.74, 6) is 2.01. The first-order valence-electron chi connectivity index (χ1n) is 7.92. The van der Waals surface area contributed by atoms with E-state index in [0.29, 0.717) is 11.7 Å². The van der Waals surface area contributed by atoms with Crippen LogP contribution in [-0.4, -0.2) is 17.3 Å². The van der Waals surface area contributed by atoms with E-state index in [1.165, 1.54) is 5.56 Å². The van der Waals surface area contributed by atoms with Gasteiger partial charge in [-0.15, -0.1) is 0 Å². The monoisotopic (exact) mass is 340 g/mol. The lowest BCUT2D eigenvalue weighted by Gasteiger charge is -2.10.